The molecule has 0 aliphatic carbocycles. The number of hydrogen-bond donors (Lipinski definition) is 1. The third-order valence-corrected chi connectivity index (χ3v) is 2.69. The first kappa shape index (κ1) is 11.1. The van der Waals surface area contributed by atoms with Crippen LogP contribution in [0.4, 0.5) is 10.1 Å². The second kappa shape index (κ2) is 3.87. The molecule has 86 valence electrons. The molecule has 1 aliphatic heterocycles. The molecule has 2 rings (SSSR count). The summed E-state index contributed by atoms with van der Waals surface area (Å²) in [7, 11) is 0. The first-order valence-electron chi connectivity index (χ1n) is 5.29. The molecule has 1 aromatic rings. The number of nitrogens with one attached hydrogen (secondary N) is 1. The molecule has 0 radical (unpaired) electrons. The van der Waals surface area contributed by atoms with Crippen LogP contribution in [-0.2, 0) is 4.79 Å². The quantitative estimate of drug-likeness (QED) is 0.781. The number of amides is 1. The van der Waals surface area contributed by atoms with Crippen LogP contribution in [0.2, 0.25) is 0 Å². The minimum absolute atomic E-state index is 0.0232. The normalized spacial score (nSPS) is 19.9. The Balaban J connectivity index is 2.28. The number of rotatable bonds is 1. The molecule has 4 heteroatoms. The molecule has 1 heterocycles. The van der Waals surface area contributed by atoms with Crippen molar-refractivity contribution in [1.29, 1.82) is 0 Å². The fourth-order valence-electron chi connectivity index (χ4n) is 1.83. The van der Waals surface area contributed by atoms with Crippen molar-refractivity contribution < 1.29 is 9.18 Å². The summed E-state index contributed by atoms with van der Waals surface area (Å²) in [6.45, 7) is 4.89. The molecule has 0 unspecified atom stereocenters. The van der Waals surface area contributed by atoms with E-state index in [1.54, 1.807) is 17.0 Å². The average molecular weight is 222 g/mol. The number of nitrogens with zero attached hydrogens (tertiary/aromatic N) is 1. The van der Waals surface area contributed by atoms with Crippen LogP contribution in [0.25, 0.3) is 0 Å². The number of halogens is 1. The highest BCUT2D eigenvalue weighted by atomic mass is 19.1. The van der Waals surface area contributed by atoms with Gasteiger partial charge >= 0.3 is 0 Å². The van der Waals surface area contributed by atoms with Gasteiger partial charge in [0.1, 0.15) is 5.82 Å². The van der Waals surface area contributed by atoms with E-state index in [2.05, 4.69) is 5.32 Å². The van der Waals surface area contributed by atoms with Crippen molar-refractivity contribution in [2.24, 2.45) is 0 Å². The summed E-state index contributed by atoms with van der Waals surface area (Å²) in [6, 6.07) is 6.13. The molecule has 3 nitrogen and oxygen atoms in total. The Morgan fingerprint density at radius 1 is 1.44 bits per heavy atom. The number of hydrogen-bond acceptors (Lipinski definition) is 2. The van der Waals surface area contributed by atoms with Crippen molar-refractivity contribution in [3.8, 4) is 0 Å². The number of benzene rings is 1. The van der Waals surface area contributed by atoms with Gasteiger partial charge < -0.3 is 10.2 Å². The zero-order chi connectivity index (χ0) is 11.8. The van der Waals surface area contributed by atoms with E-state index in [4.69, 9.17) is 0 Å². The van der Waals surface area contributed by atoms with Crippen LogP contribution in [0, 0.1) is 5.82 Å². The summed E-state index contributed by atoms with van der Waals surface area (Å²) < 4.78 is 13.1. The molecular weight excluding hydrogens is 207 g/mol. The SMILES string of the molecule is CC1(C)CN(c2cccc(F)c2)C(=O)CN1. The first-order valence-corrected chi connectivity index (χ1v) is 5.29. The second-order valence-electron chi connectivity index (χ2n) is 4.70. The minimum atomic E-state index is -0.318. The highest BCUT2D eigenvalue weighted by molar-refractivity contribution is 5.95. The van der Waals surface area contributed by atoms with Gasteiger partial charge in [0, 0.05) is 17.8 Å². The summed E-state index contributed by atoms with van der Waals surface area (Å²) in [5, 5.41) is 3.14. The van der Waals surface area contributed by atoms with Gasteiger partial charge in [-0.15, -0.1) is 0 Å². The zero-order valence-corrected chi connectivity index (χ0v) is 9.46. The Labute approximate surface area is 94.3 Å². The van der Waals surface area contributed by atoms with Crippen LogP contribution in [0.15, 0.2) is 24.3 Å². The number of carbonyl (C=O) groups is 1. The molecule has 0 atom stereocenters. The molecule has 0 spiro atoms. The van der Waals surface area contributed by atoms with Gasteiger partial charge in [0.05, 0.1) is 6.54 Å². The van der Waals surface area contributed by atoms with Crippen molar-refractivity contribution >= 4 is 11.6 Å². The number of anilines is 1. The van der Waals surface area contributed by atoms with E-state index >= 15 is 0 Å². The van der Waals surface area contributed by atoms with Crippen molar-refractivity contribution in [3.63, 3.8) is 0 Å². The highest BCUT2D eigenvalue weighted by Crippen LogP contribution is 2.21. The van der Waals surface area contributed by atoms with Gasteiger partial charge in [0.15, 0.2) is 0 Å². The first-order chi connectivity index (χ1) is 7.48. The lowest BCUT2D eigenvalue weighted by atomic mass is 10.0. The monoisotopic (exact) mass is 222 g/mol. The van der Waals surface area contributed by atoms with Crippen LogP contribution in [0.3, 0.4) is 0 Å². The van der Waals surface area contributed by atoms with Gasteiger partial charge in [-0.1, -0.05) is 6.07 Å². The lowest BCUT2D eigenvalue weighted by Gasteiger charge is -2.38. The Bertz CT molecular complexity index is 417. The lowest BCUT2D eigenvalue weighted by Crippen LogP contribution is -2.60. The van der Waals surface area contributed by atoms with Crippen LogP contribution >= 0.6 is 0 Å². The van der Waals surface area contributed by atoms with Crippen molar-refractivity contribution in [2.45, 2.75) is 19.4 Å². The predicted molar refractivity (Wildman–Crippen MR) is 60.8 cm³/mol. The lowest BCUT2D eigenvalue weighted by molar-refractivity contribution is -0.119. The molecule has 1 N–H and O–H groups in total. The van der Waals surface area contributed by atoms with Gasteiger partial charge in [0.25, 0.3) is 0 Å². The molecule has 1 saturated heterocycles. The van der Waals surface area contributed by atoms with E-state index in [-0.39, 0.29) is 17.3 Å². The van der Waals surface area contributed by atoms with Gasteiger partial charge in [-0.25, -0.2) is 4.39 Å². The van der Waals surface area contributed by atoms with E-state index in [9.17, 15) is 9.18 Å². The third kappa shape index (κ3) is 2.22. The molecule has 0 saturated carbocycles. The van der Waals surface area contributed by atoms with Crippen molar-refractivity contribution in [1.82, 2.24) is 5.32 Å². The standard InChI is InChI=1S/C12H15FN2O/c1-12(2)8-15(11(16)7-14-12)10-5-3-4-9(13)6-10/h3-6,14H,7-8H2,1-2H3. The van der Waals surface area contributed by atoms with E-state index in [0.717, 1.165) is 0 Å². The zero-order valence-electron chi connectivity index (χ0n) is 9.46. The van der Waals surface area contributed by atoms with Crippen LogP contribution in [-0.4, -0.2) is 24.5 Å². The summed E-state index contributed by atoms with van der Waals surface area (Å²) >= 11 is 0. The number of carbonyl (C=O) groups excluding carboxylic acids is 1. The minimum Gasteiger partial charge on any atom is -0.309 e. The summed E-state index contributed by atoms with van der Waals surface area (Å²) in [5.74, 6) is -0.341. The Morgan fingerprint density at radius 3 is 2.88 bits per heavy atom. The summed E-state index contributed by atoms with van der Waals surface area (Å²) in [5.41, 5.74) is 0.486. The molecule has 0 bridgehead atoms. The smallest absolute Gasteiger partial charge is 0.241 e. The fraction of sp³-hybridized carbons (Fsp3) is 0.417. The van der Waals surface area contributed by atoms with Crippen LogP contribution in [0.1, 0.15) is 13.8 Å². The van der Waals surface area contributed by atoms with Crippen LogP contribution in [0.5, 0.6) is 0 Å². The molecular formula is C12H15FN2O. The molecule has 1 aromatic carbocycles. The Kier molecular flexibility index (Phi) is 2.68. The van der Waals surface area contributed by atoms with E-state index in [1.807, 2.05) is 13.8 Å². The maximum Gasteiger partial charge on any atom is 0.241 e. The molecule has 0 aromatic heterocycles. The van der Waals surface area contributed by atoms with Gasteiger partial charge in [-0.3, -0.25) is 4.79 Å². The van der Waals surface area contributed by atoms with Crippen LogP contribution < -0.4 is 10.2 Å². The third-order valence-electron chi connectivity index (χ3n) is 2.69. The number of piperazine rings is 1. The largest absolute Gasteiger partial charge is 0.309 e. The highest BCUT2D eigenvalue weighted by Gasteiger charge is 2.31. The van der Waals surface area contributed by atoms with E-state index in [1.165, 1.54) is 12.1 Å². The van der Waals surface area contributed by atoms with E-state index in [0.29, 0.717) is 18.8 Å². The Morgan fingerprint density at radius 2 is 2.19 bits per heavy atom. The second-order valence-corrected chi connectivity index (χ2v) is 4.70. The summed E-state index contributed by atoms with van der Waals surface area (Å²) in [6.07, 6.45) is 0. The van der Waals surface area contributed by atoms with Gasteiger partial charge in [-0.2, -0.15) is 0 Å². The van der Waals surface area contributed by atoms with Crippen molar-refractivity contribution in [2.75, 3.05) is 18.0 Å². The molecule has 1 aliphatic rings. The predicted octanol–water partition coefficient (Wildman–Crippen LogP) is 1.54. The maximum absolute atomic E-state index is 13.1. The Hall–Kier alpha value is -1.42. The topological polar surface area (TPSA) is 32.3 Å². The molecule has 16 heavy (non-hydrogen) atoms. The maximum atomic E-state index is 13.1. The summed E-state index contributed by atoms with van der Waals surface area (Å²) in [4.78, 5) is 13.4. The average Bonchev–Trinajstić information content (AvgIpc) is 2.22. The fourth-order valence-corrected chi connectivity index (χ4v) is 1.83. The molecule has 1 amide bonds. The van der Waals surface area contributed by atoms with Crippen molar-refractivity contribution in [3.05, 3.63) is 30.1 Å². The van der Waals surface area contributed by atoms with E-state index < -0.39 is 0 Å². The van der Waals surface area contributed by atoms with Gasteiger partial charge in [-0.05, 0) is 32.0 Å². The molecule has 1 fully saturated rings. The van der Waals surface area contributed by atoms with Gasteiger partial charge in [0.2, 0.25) is 5.91 Å².